The van der Waals surface area contributed by atoms with Gasteiger partial charge in [0.1, 0.15) is 5.75 Å². The van der Waals surface area contributed by atoms with Crippen molar-refractivity contribution in [1.29, 1.82) is 0 Å². The molecular weight excluding hydrogens is 224 g/mol. The Labute approximate surface area is 98.5 Å². The van der Waals surface area contributed by atoms with Gasteiger partial charge in [-0.05, 0) is 35.8 Å². The van der Waals surface area contributed by atoms with Gasteiger partial charge in [-0.15, -0.1) is 0 Å². The summed E-state index contributed by atoms with van der Waals surface area (Å²) >= 11 is 1.69. The molecule has 16 heavy (non-hydrogen) atoms. The number of hydrogen-bond donors (Lipinski definition) is 2. The van der Waals surface area contributed by atoms with Gasteiger partial charge in [-0.3, -0.25) is 4.79 Å². The fourth-order valence-electron chi connectivity index (χ4n) is 2.14. The van der Waals surface area contributed by atoms with E-state index in [1.54, 1.807) is 30.0 Å². The van der Waals surface area contributed by atoms with E-state index in [0.717, 1.165) is 17.7 Å². The lowest BCUT2D eigenvalue weighted by Gasteiger charge is -2.28. The number of thioether (sulfide) groups is 1. The van der Waals surface area contributed by atoms with Gasteiger partial charge in [-0.2, -0.15) is 11.8 Å². The van der Waals surface area contributed by atoms with Crippen LogP contribution in [0.25, 0.3) is 0 Å². The average molecular weight is 238 g/mol. The number of phenolic OH excluding ortho intramolecular Hbond substituents is 1. The number of benzene rings is 1. The molecule has 1 fully saturated rings. The van der Waals surface area contributed by atoms with Gasteiger partial charge < -0.3 is 10.2 Å². The van der Waals surface area contributed by atoms with Crippen molar-refractivity contribution in [2.45, 2.75) is 12.3 Å². The van der Waals surface area contributed by atoms with E-state index in [9.17, 15) is 9.90 Å². The fraction of sp³-hybridized carbons (Fsp3) is 0.417. The average Bonchev–Trinajstić information content (AvgIpc) is 2.29. The molecule has 2 unspecified atom stereocenters. The first kappa shape index (κ1) is 11.3. The minimum Gasteiger partial charge on any atom is -0.508 e. The fourth-order valence-corrected chi connectivity index (χ4v) is 3.35. The van der Waals surface area contributed by atoms with E-state index in [4.69, 9.17) is 5.11 Å². The van der Waals surface area contributed by atoms with E-state index in [1.807, 2.05) is 6.07 Å². The van der Waals surface area contributed by atoms with E-state index in [0.29, 0.717) is 5.75 Å². The summed E-state index contributed by atoms with van der Waals surface area (Å²) < 4.78 is 0. The molecule has 1 saturated heterocycles. The molecule has 1 aliphatic heterocycles. The number of phenols is 1. The predicted octanol–water partition coefficient (Wildman–Crippen LogP) is 2.31. The summed E-state index contributed by atoms with van der Waals surface area (Å²) in [4.78, 5) is 11.1. The molecule has 86 valence electrons. The molecule has 0 aliphatic carbocycles. The Kier molecular flexibility index (Phi) is 3.39. The van der Waals surface area contributed by atoms with Crippen LogP contribution < -0.4 is 0 Å². The lowest BCUT2D eigenvalue weighted by molar-refractivity contribution is -0.141. The van der Waals surface area contributed by atoms with Crippen molar-refractivity contribution in [3.63, 3.8) is 0 Å². The zero-order chi connectivity index (χ0) is 11.5. The van der Waals surface area contributed by atoms with Gasteiger partial charge in [0.2, 0.25) is 0 Å². The van der Waals surface area contributed by atoms with Crippen molar-refractivity contribution < 1.29 is 15.0 Å². The van der Waals surface area contributed by atoms with Crippen molar-refractivity contribution >= 4 is 17.7 Å². The molecule has 0 radical (unpaired) electrons. The quantitative estimate of drug-likeness (QED) is 0.830. The monoisotopic (exact) mass is 238 g/mol. The minimum absolute atomic E-state index is 0.0332. The van der Waals surface area contributed by atoms with Crippen LogP contribution in [0.3, 0.4) is 0 Å². The number of carboxylic acid groups (broad SMARTS) is 1. The summed E-state index contributed by atoms with van der Waals surface area (Å²) in [5, 5.41) is 18.6. The normalized spacial score (nSPS) is 25.2. The van der Waals surface area contributed by atoms with Gasteiger partial charge in [0.25, 0.3) is 0 Å². The standard InChI is InChI=1S/C12H14O3S/c13-9-3-1-2-8(6-9)10-4-5-16-7-11(10)12(14)15/h1-3,6,10-11,13H,4-5,7H2,(H,14,15). The summed E-state index contributed by atoms with van der Waals surface area (Å²) in [6, 6.07) is 6.95. The van der Waals surface area contributed by atoms with Crippen molar-refractivity contribution in [3.05, 3.63) is 29.8 Å². The SMILES string of the molecule is O=C(O)C1CSCCC1c1cccc(O)c1. The van der Waals surface area contributed by atoms with Crippen LogP contribution in [0.5, 0.6) is 5.75 Å². The molecule has 2 N–H and O–H groups in total. The molecule has 2 atom stereocenters. The van der Waals surface area contributed by atoms with Crippen molar-refractivity contribution in [3.8, 4) is 5.75 Å². The number of rotatable bonds is 2. The number of carbonyl (C=O) groups is 1. The van der Waals surface area contributed by atoms with E-state index in [2.05, 4.69) is 0 Å². The lowest BCUT2D eigenvalue weighted by Crippen LogP contribution is -2.28. The van der Waals surface area contributed by atoms with Crippen LogP contribution in [0.15, 0.2) is 24.3 Å². The number of hydrogen-bond acceptors (Lipinski definition) is 3. The van der Waals surface area contributed by atoms with Gasteiger partial charge in [0, 0.05) is 5.75 Å². The highest BCUT2D eigenvalue weighted by Crippen LogP contribution is 2.37. The van der Waals surface area contributed by atoms with Crippen molar-refractivity contribution in [2.24, 2.45) is 5.92 Å². The Morgan fingerprint density at radius 1 is 1.44 bits per heavy atom. The maximum atomic E-state index is 11.1. The Balaban J connectivity index is 2.26. The van der Waals surface area contributed by atoms with Gasteiger partial charge in [-0.1, -0.05) is 12.1 Å². The maximum Gasteiger partial charge on any atom is 0.307 e. The number of carboxylic acids is 1. The highest BCUT2D eigenvalue weighted by molar-refractivity contribution is 7.99. The highest BCUT2D eigenvalue weighted by Gasteiger charge is 2.32. The molecule has 3 nitrogen and oxygen atoms in total. The molecule has 4 heteroatoms. The van der Waals surface area contributed by atoms with Gasteiger partial charge in [0.05, 0.1) is 5.92 Å². The van der Waals surface area contributed by atoms with Crippen molar-refractivity contribution in [2.75, 3.05) is 11.5 Å². The summed E-state index contributed by atoms with van der Waals surface area (Å²) in [5.41, 5.74) is 0.938. The second-order valence-electron chi connectivity index (χ2n) is 4.01. The molecule has 0 bridgehead atoms. The molecule has 1 aliphatic rings. The Morgan fingerprint density at radius 2 is 2.25 bits per heavy atom. The van der Waals surface area contributed by atoms with E-state index in [1.165, 1.54) is 0 Å². The zero-order valence-corrected chi connectivity index (χ0v) is 9.61. The molecule has 2 rings (SSSR count). The van der Waals surface area contributed by atoms with Crippen LogP contribution in [-0.4, -0.2) is 27.7 Å². The second kappa shape index (κ2) is 4.78. The highest BCUT2D eigenvalue weighted by atomic mass is 32.2. The lowest BCUT2D eigenvalue weighted by atomic mass is 9.84. The summed E-state index contributed by atoms with van der Waals surface area (Å²) in [6.07, 6.45) is 0.866. The van der Waals surface area contributed by atoms with Gasteiger partial charge >= 0.3 is 5.97 Å². The van der Waals surface area contributed by atoms with Crippen LogP contribution in [0.4, 0.5) is 0 Å². The van der Waals surface area contributed by atoms with Crippen LogP contribution in [0.1, 0.15) is 17.9 Å². The first-order valence-electron chi connectivity index (χ1n) is 5.28. The number of aliphatic carboxylic acids is 1. The molecule has 1 aromatic carbocycles. The smallest absolute Gasteiger partial charge is 0.307 e. The van der Waals surface area contributed by atoms with E-state index < -0.39 is 5.97 Å². The summed E-state index contributed by atoms with van der Waals surface area (Å²) in [6.45, 7) is 0. The Hall–Kier alpha value is -1.16. The molecule has 1 aromatic rings. The molecule has 0 amide bonds. The molecule has 0 aromatic heterocycles. The van der Waals surface area contributed by atoms with Crippen LogP contribution in [0.2, 0.25) is 0 Å². The second-order valence-corrected chi connectivity index (χ2v) is 5.16. The van der Waals surface area contributed by atoms with E-state index in [-0.39, 0.29) is 17.6 Å². The van der Waals surface area contributed by atoms with Crippen molar-refractivity contribution in [1.82, 2.24) is 0 Å². The first-order valence-corrected chi connectivity index (χ1v) is 6.43. The Bertz CT molecular complexity index is 392. The molecule has 0 saturated carbocycles. The predicted molar refractivity (Wildman–Crippen MR) is 63.9 cm³/mol. The molecule has 0 spiro atoms. The largest absolute Gasteiger partial charge is 0.508 e. The topological polar surface area (TPSA) is 57.5 Å². The summed E-state index contributed by atoms with van der Waals surface area (Å²) in [5.74, 6) is 0.826. The molecular formula is C12H14O3S. The van der Waals surface area contributed by atoms with Crippen LogP contribution in [0, 0.1) is 5.92 Å². The third kappa shape index (κ3) is 2.32. The third-order valence-corrected chi connectivity index (χ3v) is 4.09. The minimum atomic E-state index is -0.736. The van der Waals surface area contributed by atoms with Gasteiger partial charge in [-0.25, -0.2) is 0 Å². The molecule has 1 heterocycles. The summed E-state index contributed by atoms with van der Waals surface area (Å²) in [7, 11) is 0. The first-order chi connectivity index (χ1) is 7.68. The maximum absolute atomic E-state index is 11.1. The third-order valence-electron chi connectivity index (χ3n) is 2.97. The zero-order valence-electron chi connectivity index (χ0n) is 8.80. The van der Waals surface area contributed by atoms with Crippen LogP contribution >= 0.6 is 11.8 Å². The van der Waals surface area contributed by atoms with Gasteiger partial charge in [0.15, 0.2) is 0 Å². The Morgan fingerprint density at radius 3 is 2.94 bits per heavy atom. The van der Waals surface area contributed by atoms with E-state index >= 15 is 0 Å². The van der Waals surface area contributed by atoms with Crippen LogP contribution in [-0.2, 0) is 4.79 Å². The number of aromatic hydroxyl groups is 1.